The van der Waals surface area contributed by atoms with Crippen LogP contribution in [0.15, 0.2) is 194 Å². The van der Waals surface area contributed by atoms with E-state index in [1.165, 1.54) is 55.5 Å². The van der Waals surface area contributed by atoms with Crippen LogP contribution in [0.5, 0.6) is 0 Å². The lowest BCUT2D eigenvalue weighted by Gasteiger charge is -2.42. The summed E-state index contributed by atoms with van der Waals surface area (Å²) in [6.07, 6.45) is 0. The summed E-state index contributed by atoms with van der Waals surface area (Å²) >= 11 is 0. The number of aromatic nitrogens is 1. The van der Waals surface area contributed by atoms with Gasteiger partial charge < -0.3 is 14.4 Å². The fourth-order valence-corrected chi connectivity index (χ4v) is 9.35. The predicted octanol–water partition coefficient (Wildman–Crippen LogP) is 13.4. The van der Waals surface area contributed by atoms with Gasteiger partial charge in [-0.25, -0.2) is 0 Å². The third-order valence-corrected chi connectivity index (χ3v) is 11.5. The van der Waals surface area contributed by atoms with Crippen LogP contribution in [0.25, 0.3) is 38.6 Å². The van der Waals surface area contributed by atoms with E-state index in [-0.39, 0.29) is 5.41 Å². The Kier molecular flexibility index (Phi) is 6.38. The Morgan fingerprint density at radius 3 is 1.77 bits per heavy atom. The zero-order chi connectivity index (χ0) is 35.1. The molecule has 0 amide bonds. The van der Waals surface area contributed by atoms with Crippen molar-refractivity contribution in [2.45, 2.75) is 12.3 Å². The van der Waals surface area contributed by atoms with Crippen LogP contribution >= 0.6 is 0 Å². The highest BCUT2D eigenvalue weighted by Gasteiger charge is 2.48. The number of hydrogen-bond donors (Lipinski definition) is 0. The second-order valence-electron chi connectivity index (χ2n) is 14.3. The number of hydrogen-bond acceptors (Lipinski definition) is 2. The maximum Gasteiger partial charge on any atom is 0.0583 e. The molecule has 3 nitrogen and oxygen atoms in total. The van der Waals surface area contributed by atoms with Gasteiger partial charge in [0.25, 0.3) is 0 Å². The minimum atomic E-state index is -0.287. The molecule has 0 bridgehead atoms. The van der Waals surface area contributed by atoms with Crippen molar-refractivity contribution in [2.24, 2.45) is 0 Å². The lowest BCUT2D eigenvalue weighted by atomic mass is 9.70. The average molecular weight is 678 g/mol. The molecule has 1 aliphatic carbocycles. The van der Waals surface area contributed by atoms with Crippen molar-refractivity contribution in [1.82, 2.24) is 4.57 Å². The molecule has 0 spiro atoms. The molecular formula is C50H35N3. The molecule has 2 heterocycles. The topological polar surface area (TPSA) is 11.4 Å². The Bertz CT molecular complexity index is 2820. The highest BCUT2D eigenvalue weighted by Crippen LogP contribution is 2.63. The van der Waals surface area contributed by atoms with Crippen molar-refractivity contribution in [2.75, 3.05) is 9.80 Å². The van der Waals surface area contributed by atoms with E-state index >= 15 is 0 Å². The maximum absolute atomic E-state index is 2.56. The van der Waals surface area contributed by atoms with Gasteiger partial charge in [-0.2, -0.15) is 0 Å². The van der Waals surface area contributed by atoms with E-state index in [9.17, 15) is 0 Å². The lowest BCUT2D eigenvalue weighted by Crippen LogP contribution is -2.32. The molecule has 0 radical (unpaired) electrons. The molecule has 1 atom stereocenters. The summed E-state index contributed by atoms with van der Waals surface area (Å²) in [4.78, 5) is 4.95. The predicted molar refractivity (Wildman–Crippen MR) is 221 cm³/mol. The number of benzene rings is 8. The van der Waals surface area contributed by atoms with Gasteiger partial charge in [0.05, 0.1) is 33.8 Å². The lowest BCUT2D eigenvalue weighted by molar-refractivity contribution is 0.702. The molecule has 8 aromatic carbocycles. The van der Waals surface area contributed by atoms with Crippen molar-refractivity contribution in [3.63, 3.8) is 0 Å². The highest BCUT2D eigenvalue weighted by molar-refractivity contribution is 6.18. The first-order valence-corrected chi connectivity index (χ1v) is 18.4. The summed E-state index contributed by atoms with van der Waals surface area (Å²) in [6, 6.07) is 70.9. The van der Waals surface area contributed by atoms with Gasteiger partial charge in [0, 0.05) is 33.2 Å². The monoisotopic (exact) mass is 677 g/mol. The van der Waals surface area contributed by atoms with Gasteiger partial charge >= 0.3 is 0 Å². The molecule has 0 fully saturated rings. The number of fused-ring (bicyclic) bond motifs is 8. The third kappa shape index (κ3) is 4.16. The maximum atomic E-state index is 2.56. The highest BCUT2D eigenvalue weighted by atomic mass is 15.2. The van der Waals surface area contributed by atoms with Crippen LogP contribution in [-0.4, -0.2) is 4.57 Å². The fourth-order valence-electron chi connectivity index (χ4n) is 9.35. The third-order valence-electron chi connectivity index (χ3n) is 11.5. The van der Waals surface area contributed by atoms with Gasteiger partial charge in [-0.15, -0.1) is 0 Å². The van der Waals surface area contributed by atoms with Gasteiger partial charge in [-0.05, 0) is 101 Å². The van der Waals surface area contributed by atoms with Crippen LogP contribution in [0.4, 0.5) is 34.1 Å². The van der Waals surface area contributed by atoms with Crippen molar-refractivity contribution in [1.29, 1.82) is 0 Å². The summed E-state index contributed by atoms with van der Waals surface area (Å²) in [5.74, 6) is 0. The Morgan fingerprint density at radius 1 is 0.434 bits per heavy atom. The first-order chi connectivity index (χ1) is 26.2. The quantitative estimate of drug-likeness (QED) is 0.180. The van der Waals surface area contributed by atoms with Crippen LogP contribution in [0.2, 0.25) is 0 Å². The molecule has 1 unspecified atom stereocenters. The molecular weight excluding hydrogens is 643 g/mol. The summed E-state index contributed by atoms with van der Waals surface area (Å²) in [5, 5.41) is 2.45. The van der Waals surface area contributed by atoms with Crippen molar-refractivity contribution >= 4 is 55.9 Å². The molecule has 250 valence electrons. The summed E-state index contributed by atoms with van der Waals surface area (Å²) in [6.45, 7) is 2.43. The molecule has 1 aliphatic heterocycles. The normalized spacial score (nSPS) is 15.3. The summed E-state index contributed by atoms with van der Waals surface area (Å²) in [7, 11) is 0. The molecule has 0 N–H and O–H groups in total. The standard InChI is InChI=1S/C50H35N3/c1-50-41-27-13-11-24-38(41)39-26-17-31-45(49(39)50)53(44-30-16-14-28-42(44)50)47-33-37(51(34-18-5-2-6-19-34)35-20-7-3-8-21-35)32-46-48(47)40-25-12-15-29-43(40)52(46)36-22-9-4-10-23-36/h2-33H,1H3. The number of rotatable bonds is 5. The Morgan fingerprint density at radius 2 is 1.02 bits per heavy atom. The zero-order valence-corrected chi connectivity index (χ0v) is 29.3. The van der Waals surface area contributed by atoms with Crippen LogP contribution in [-0.2, 0) is 5.41 Å². The van der Waals surface area contributed by atoms with E-state index in [1.807, 2.05) is 0 Å². The average Bonchev–Trinajstić information content (AvgIpc) is 3.70. The number of nitrogens with zero attached hydrogens (tertiary/aromatic N) is 3. The molecule has 1 aromatic heterocycles. The minimum Gasteiger partial charge on any atom is -0.310 e. The molecule has 9 aromatic rings. The molecule has 0 saturated heterocycles. The van der Waals surface area contributed by atoms with Gasteiger partial charge in [-0.3, -0.25) is 0 Å². The minimum absolute atomic E-state index is 0.287. The first-order valence-electron chi connectivity index (χ1n) is 18.4. The molecule has 53 heavy (non-hydrogen) atoms. The molecule has 11 rings (SSSR count). The fraction of sp³-hybridized carbons (Fsp3) is 0.0400. The smallest absolute Gasteiger partial charge is 0.0583 e. The van der Waals surface area contributed by atoms with Gasteiger partial charge in [-0.1, -0.05) is 127 Å². The van der Waals surface area contributed by atoms with Crippen LogP contribution in [0.3, 0.4) is 0 Å². The van der Waals surface area contributed by atoms with Crippen molar-refractivity contribution < 1.29 is 0 Å². The van der Waals surface area contributed by atoms with E-state index in [0.717, 1.165) is 34.0 Å². The van der Waals surface area contributed by atoms with Gasteiger partial charge in [0.2, 0.25) is 0 Å². The van der Waals surface area contributed by atoms with E-state index < -0.39 is 0 Å². The summed E-state index contributed by atoms with van der Waals surface area (Å²) < 4.78 is 2.44. The largest absolute Gasteiger partial charge is 0.310 e. The van der Waals surface area contributed by atoms with Crippen molar-refractivity contribution in [3.8, 4) is 16.8 Å². The van der Waals surface area contributed by atoms with E-state index in [2.05, 4.69) is 215 Å². The number of para-hydroxylation sites is 5. The van der Waals surface area contributed by atoms with E-state index in [4.69, 9.17) is 0 Å². The second-order valence-corrected chi connectivity index (χ2v) is 14.3. The van der Waals surface area contributed by atoms with E-state index in [0.29, 0.717) is 0 Å². The van der Waals surface area contributed by atoms with Crippen LogP contribution in [0, 0.1) is 0 Å². The Labute approximate surface area is 309 Å². The second kappa shape index (κ2) is 11.3. The Balaban J connectivity index is 1.30. The zero-order valence-electron chi connectivity index (χ0n) is 29.3. The van der Waals surface area contributed by atoms with Crippen molar-refractivity contribution in [3.05, 3.63) is 211 Å². The van der Waals surface area contributed by atoms with Crippen LogP contribution < -0.4 is 9.80 Å². The van der Waals surface area contributed by atoms with Crippen LogP contribution in [0.1, 0.15) is 23.6 Å². The number of anilines is 6. The van der Waals surface area contributed by atoms with E-state index in [1.54, 1.807) is 0 Å². The SMILES string of the molecule is CC12c3ccccc3-c3cccc(c31)N(c1cc(N(c3ccccc3)c3ccccc3)cc3c1c1ccccc1n3-c1ccccc1)c1ccccc12. The molecule has 3 heteroatoms. The molecule has 0 saturated carbocycles. The first kappa shape index (κ1) is 29.8. The van der Waals surface area contributed by atoms with Gasteiger partial charge in [0.15, 0.2) is 0 Å². The Hall–Kier alpha value is -6.84. The van der Waals surface area contributed by atoms with Gasteiger partial charge in [0.1, 0.15) is 0 Å². The summed E-state index contributed by atoms with van der Waals surface area (Å²) in [5.41, 5.74) is 16.8. The molecule has 2 aliphatic rings.